The van der Waals surface area contributed by atoms with Crippen LogP contribution in [0.15, 0.2) is 34.2 Å². The minimum atomic E-state index is -3.66. The molecule has 2 heterocycles. The van der Waals surface area contributed by atoms with Gasteiger partial charge in [0, 0.05) is 18.7 Å². The van der Waals surface area contributed by atoms with Crippen molar-refractivity contribution >= 4 is 27.7 Å². The maximum Gasteiger partial charge on any atom is 0.308 e. The molecule has 1 saturated heterocycles. The lowest BCUT2D eigenvalue weighted by atomic mass is 9.94. The normalized spacial score (nSPS) is 21.9. The number of nitrogens with zero attached hydrogens (tertiary/aromatic N) is 2. The zero-order valence-corrected chi connectivity index (χ0v) is 17.7. The second kappa shape index (κ2) is 8.52. The summed E-state index contributed by atoms with van der Waals surface area (Å²) in [5, 5.41) is 0. The van der Waals surface area contributed by atoms with Gasteiger partial charge in [0.1, 0.15) is 11.9 Å². The molecule has 1 fully saturated rings. The summed E-state index contributed by atoms with van der Waals surface area (Å²) in [7, 11) is -2.29. The highest BCUT2D eigenvalue weighted by Gasteiger charge is 2.36. The minimum absolute atomic E-state index is 0.0643. The number of hydrogen-bond acceptors (Lipinski definition) is 6. The highest BCUT2D eigenvalue weighted by atomic mass is 32.2. The van der Waals surface area contributed by atoms with Gasteiger partial charge in [-0.2, -0.15) is 0 Å². The first-order valence-corrected chi connectivity index (χ1v) is 11.3. The molecule has 1 amide bonds. The van der Waals surface area contributed by atoms with Crippen LogP contribution in [0.4, 0.5) is 0 Å². The lowest BCUT2D eigenvalue weighted by Gasteiger charge is -2.33. The topological polar surface area (TPSA) is 105 Å². The molecule has 158 valence electrons. The molecule has 0 saturated carbocycles. The van der Waals surface area contributed by atoms with Gasteiger partial charge in [0.15, 0.2) is 0 Å². The number of ether oxygens (including phenoxy) is 1. The molecule has 0 spiro atoms. The molecule has 2 aliphatic rings. The van der Waals surface area contributed by atoms with Gasteiger partial charge in [0.2, 0.25) is 5.91 Å². The quantitative estimate of drug-likeness (QED) is 0.727. The minimum Gasteiger partial charge on any atom is -0.469 e. The molecule has 3 rings (SSSR count). The Kier molecular flexibility index (Phi) is 6.26. The second-order valence-corrected chi connectivity index (χ2v) is 9.18. The highest BCUT2D eigenvalue weighted by molar-refractivity contribution is 7.90. The number of esters is 1. The number of likely N-dealkylation sites (tertiary alicyclic amines) is 1. The molecular weight excluding hydrogens is 394 g/mol. The number of rotatable bonds is 5. The van der Waals surface area contributed by atoms with Crippen LogP contribution in [0.1, 0.15) is 38.7 Å². The maximum atomic E-state index is 13.2. The smallest absolute Gasteiger partial charge is 0.308 e. The van der Waals surface area contributed by atoms with Gasteiger partial charge in [-0.25, -0.2) is 8.42 Å². The Hall–Kier alpha value is -2.42. The number of carbonyl (C=O) groups is 2. The van der Waals surface area contributed by atoms with E-state index in [9.17, 15) is 18.0 Å². The monoisotopic (exact) mass is 421 g/mol. The van der Waals surface area contributed by atoms with E-state index < -0.39 is 16.1 Å². The van der Waals surface area contributed by atoms with E-state index in [0.29, 0.717) is 31.5 Å². The first-order valence-electron chi connectivity index (χ1n) is 9.85. The lowest BCUT2D eigenvalue weighted by molar-refractivity contribution is -0.149. The Bertz CT molecular complexity index is 920. The van der Waals surface area contributed by atoms with Crippen molar-refractivity contribution in [2.24, 2.45) is 16.8 Å². The van der Waals surface area contributed by atoms with E-state index in [-0.39, 0.29) is 34.4 Å². The maximum absolute atomic E-state index is 13.2. The summed E-state index contributed by atoms with van der Waals surface area (Å²) in [6.45, 7) is 4.82. The van der Waals surface area contributed by atoms with Gasteiger partial charge < -0.3 is 9.64 Å². The molecular formula is C20H27N3O5S. The van der Waals surface area contributed by atoms with Crippen LogP contribution in [0.25, 0.3) is 0 Å². The number of methoxy groups -OCH3 is 1. The van der Waals surface area contributed by atoms with E-state index in [0.717, 1.165) is 6.42 Å². The summed E-state index contributed by atoms with van der Waals surface area (Å²) in [5.74, 6) is -0.424. The molecule has 0 radical (unpaired) electrons. The number of amidine groups is 1. The number of hydrogen-bond donors (Lipinski definition) is 1. The van der Waals surface area contributed by atoms with Gasteiger partial charge in [-0.05, 0) is 30.9 Å². The van der Waals surface area contributed by atoms with E-state index >= 15 is 0 Å². The van der Waals surface area contributed by atoms with Gasteiger partial charge in [-0.1, -0.05) is 32.4 Å². The molecule has 8 nitrogen and oxygen atoms in total. The van der Waals surface area contributed by atoms with Crippen LogP contribution in [0, 0.1) is 11.8 Å². The fourth-order valence-corrected chi connectivity index (χ4v) is 4.95. The highest BCUT2D eigenvalue weighted by Crippen LogP contribution is 2.26. The lowest BCUT2D eigenvalue weighted by Crippen LogP contribution is -2.46. The van der Waals surface area contributed by atoms with Gasteiger partial charge in [0.05, 0.1) is 17.9 Å². The average Bonchev–Trinajstić information content (AvgIpc) is 3.00. The molecule has 1 aromatic carbocycles. The van der Waals surface area contributed by atoms with Crippen molar-refractivity contribution in [3.05, 3.63) is 29.8 Å². The fraction of sp³-hybridized carbons (Fsp3) is 0.550. The number of sulfonamides is 1. The molecule has 0 aliphatic carbocycles. The molecule has 1 N–H and O–H groups in total. The van der Waals surface area contributed by atoms with Crippen LogP contribution >= 0.6 is 0 Å². The predicted molar refractivity (Wildman–Crippen MR) is 108 cm³/mol. The van der Waals surface area contributed by atoms with Crippen LogP contribution in [0.5, 0.6) is 0 Å². The number of aliphatic imine (C=N–C) groups is 1. The Balaban J connectivity index is 1.84. The van der Waals surface area contributed by atoms with Crippen molar-refractivity contribution in [1.29, 1.82) is 0 Å². The zero-order valence-electron chi connectivity index (χ0n) is 16.9. The van der Waals surface area contributed by atoms with E-state index in [4.69, 9.17) is 4.74 Å². The Morgan fingerprint density at radius 1 is 1.28 bits per heavy atom. The molecule has 0 bridgehead atoms. The average molecular weight is 422 g/mol. The van der Waals surface area contributed by atoms with E-state index in [1.54, 1.807) is 23.1 Å². The first kappa shape index (κ1) is 21.3. The summed E-state index contributed by atoms with van der Waals surface area (Å²) < 4.78 is 32.0. The van der Waals surface area contributed by atoms with Gasteiger partial charge >= 0.3 is 5.97 Å². The van der Waals surface area contributed by atoms with Gasteiger partial charge in [-0.15, -0.1) is 0 Å². The third-order valence-electron chi connectivity index (χ3n) is 5.71. The van der Waals surface area contributed by atoms with Crippen molar-refractivity contribution in [1.82, 2.24) is 9.62 Å². The van der Waals surface area contributed by atoms with Crippen LogP contribution in [0.2, 0.25) is 0 Å². The largest absolute Gasteiger partial charge is 0.469 e. The zero-order chi connectivity index (χ0) is 21.2. The van der Waals surface area contributed by atoms with Gasteiger partial charge in [-0.3, -0.25) is 19.3 Å². The second-order valence-electron chi connectivity index (χ2n) is 7.53. The van der Waals surface area contributed by atoms with Crippen molar-refractivity contribution in [2.75, 3.05) is 20.2 Å². The Morgan fingerprint density at radius 2 is 1.93 bits per heavy atom. The standard InChI is InChI=1S/C20H27N3O5S/c1-4-13(2)17(19(24)23-11-9-14(10-12-23)20(25)28-3)21-18-15-7-5-6-8-16(15)29(26,27)22-18/h5-8,13-14,17H,4,9-12H2,1-3H3,(H,21,22)/t13-,17-/m0/s1. The van der Waals surface area contributed by atoms with Crippen molar-refractivity contribution < 1.29 is 22.7 Å². The first-order chi connectivity index (χ1) is 13.8. The predicted octanol–water partition coefficient (Wildman–Crippen LogP) is 1.55. The summed E-state index contributed by atoms with van der Waals surface area (Å²) in [4.78, 5) is 31.4. The van der Waals surface area contributed by atoms with Crippen molar-refractivity contribution in [2.45, 2.75) is 44.0 Å². The molecule has 2 atom stereocenters. The van der Waals surface area contributed by atoms with E-state index in [1.807, 2.05) is 13.8 Å². The summed E-state index contributed by atoms with van der Waals surface area (Å²) >= 11 is 0. The number of benzene rings is 1. The van der Waals surface area contributed by atoms with Gasteiger partial charge in [0.25, 0.3) is 10.0 Å². The third kappa shape index (κ3) is 4.29. The van der Waals surface area contributed by atoms with Crippen molar-refractivity contribution in [3.63, 3.8) is 0 Å². The third-order valence-corrected chi connectivity index (χ3v) is 7.11. The number of carbonyl (C=O) groups excluding carboxylic acids is 2. The number of fused-ring (bicyclic) bond motifs is 1. The molecule has 9 heteroatoms. The molecule has 0 unspecified atom stereocenters. The number of piperidine rings is 1. The number of amides is 1. The fourth-order valence-electron chi connectivity index (χ4n) is 3.71. The van der Waals surface area contributed by atoms with Crippen LogP contribution in [0.3, 0.4) is 0 Å². The Labute approximate surface area is 171 Å². The SMILES string of the molecule is CC[C@H](C)[C@H](N=C1NS(=O)(=O)c2ccccc21)C(=O)N1CCC(C(=O)OC)CC1. The Morgan fingerprint density at radius 3 is 2.55 bits per heavy atom. The van der Waals surface area contributed by atoms with Crippen LogP contribution in [-0.4, -0.2) is 57.3 Å². The summed E-state index contributed by atoms with van der Waals surface area (Å²) in [5.41, 5.74) is 0.484. The van der Waals surface area contributed by atoms with E-state index in [1.165, 1.54) is 13.2 Å². The van der Waals surface area contributed by atoms with E-state index in [2.05, 4.69) is 9.71 Å². The van der Waals surface area contributed by atoms with Crippen LogP contribution in [-0.2, 0) is 24.3 Å². The summed E-state index contributed by atoms with van der Waals surface area (Å²) in [6, 6.07) is 5.92. The van der Waals surface area contributed by atoms with Crippen molar-refractivity contribution in [3.8, 4) is 0 Å². The number of nitrogens with one attached hydrogen (secondary N) is 1. The van der Waals surface area contributed by atoms with Crippen LogP contribution < -0.4 is 4.72 Å². The molecule has 0 aromatic heterocycles. The molecule has 2 aliphatic heterocycles. The summed E-state index contributed by atoms with van der Waals surface area (Å²) in [6.07, 6.45) is 1.83. The molecule has 29 heavy (non-hydrogen) atoms. The molecule has 1 aromatic rings.